The molecule has 0 bridgehead atoms. The zero-order valence-corrected chi connectivity index (χ0v) is 17.3. The Morgan fingerprint density at radius 2 is 1.85 bits per heavy atom. The fraction of sp³-hybridized carbons (Fsp3) is 0.158. The molecule has 3 rings (SSSR count). The van der Waals surface area contributed by atoms with Crippen LogP contribution in [0.3, 0.4) is 0 Å². The highest BCUT2D eigenvalue weighted by Gasteiger charge is 2.12. The van der Waals surface area contributed by atoms with Gasteiger partial charge in [0.2, 0.25) is 0 Å². The summed E-state index contributed by atoms with van der Waals surface area (Å²) in [5.41, 5.74) is 5.26. The monoisotopic (exact) mass is 443 g/mol. The van der Waals surface area contributed by atoms with E-state index < -0.39 is 0 Å². The number of amides is 1. The average molecular weight is 444 g/mol. The molecule has 0 radical (unpaired) electrons. The van der Waals surface area contributed by atoms with E-state index >= 15 is 0 Å². The fourth-order valence-corrected chi connectivity index (χ4v) is 3.31. The zero-order chi connectivity index (χ0) is 19.2. The van der Waals surface area contributed by atoms with Crippen LogP contribution in [0.5, 0.6) is 0 Å². The molecule has 0 fully saturated rings. The number of nitrogens with zero attached hydrogens (tertiary/aromatic N) is 4. The van der Waals surface area contributed by atoms with Gasteiger partial charge < -0.3 is 4.57 Å². The van der Waals surface area contributed by atoms with Gasteiger partial charge in [0.1, 0.15) is 0 Å². The molecule has 6 nitrogen and oxygen atoms in total. The Balaban J connectivity index is 1.57. The van der Waals surface area contributed by atoms with Gasteiger partial charge in [-0.3, -0.25) is 4.79 Å². The second-order valence-corrected chi connectivity index (χ2v) is 7.62. The second kappa shape index (κ2) is 8.96. The Morgan fingerprint density at radius 3 is 2.56 bits per heavy atom. The molecule has 0 spiro atoms. The quantitative estimate of drug-likeness (QED) is 0.356. The normalized spacial score (nSPS) is 11.4. The highest BCUT2D eigenvalue weighted by Crippen LogP contribution is 2.22. The Hall–Kier alpha value is -2.45. The number of carbonyl (C=O) groups excluding carboxylic acids is 1. The topological polar surface area (TPSA) is 72.2 Å². The van der Waals surface area contributed by atoms with Crippen molar-refractivity contribution in [3.8, 4) is 11.4 Å². The number of hydrazone groups is 1. The maximum absolute atomic E-state index is 12.1. The zero-order valence-electron chi connectivity index (χ0n) is 14.9. The lowest BCUT2D eigenvalue weighted by molar-refractivity contribution is -0.118. The smallest absolute Gasteiger partial charge is 0.250 e. The molecule has 0 aliphatic rings. The van der Waals surface area contributed by atoms with Crippen molar-refractivity contribution in [3.05, 3.63) is 64.6 Å². The number of carbonyl (C=O) groups is 1. The van der Waals surface area contributed by atoms with Crippen LogP contribution >= 0.6 is 27.7 Å². The van der Waals surface area contributed by atoms with Crippen LogP contribution in [0.25, 0.3) is 11.4 Å². The van der Waals surface area contributed by atoms with Gasteiger partial charge in [0, 0.05) is 17.1 Å². The van der Waals surface area contributed by atoms with Crippen molar-refractivity contribution in [1.82, 2.24) is 20.2 Å². The van der Waals surface area contributed by atoms with E-state index in [2.05, 4.69) is 36.7 Å². The third kappa shape index (κ3) is 5.05. The minimum Gasteiger partial charge on any atom is -0.305 e. The van der Waals surface area contributed by atoms with Crippen molar-refractivity contribution >= 4 is 39.3 Å². The van der Waals surface area contributed by atoms with Crippen LogP contribution < -0.4 is 5.43 Å². The lowest BCUT2D eigenvalue weighted by Crippen LogP contribution is -2.21. The number of hydrogen-bond acceptors (Lipinski definition) is 5. The molecule has 8 heteroatoms. The van der Waals surface area contributed by atoms with Gasteiger partial charge >= 0.3 is 0 Å². The number of rotatable bonds is 6. The van der Waals surface area contributed by atoms with Crippen molar-refractivity contribution in [1.29, 1.82) is 0 Å². The summed E-state index contributed by atoms with van der Waals surface area (Å²) < 4.78 is 2.88. The fourth-order valence-electron chi connectivity index (χ4n) is 2.34. The van der Waals surface area contributed by atoms with Crippen LogP contribution in [-0.2, 0) is 11.8 Å². The van der Waals surface area contributed by atoms with Crippen molar-refractivity contribution in [2.45, 2.75) is 12.1 Å². The van der Waals surface area contributed by atoms with Crippen LogP contribution in [-0.4, -0.2) is 32.1 Å². The first-order valence-corrected chi connectivity index (χ1v) is 9.99. The van der Waals surface area contributed by atoms with Gasteiger partial charge in [-0.25, -0.2) is 5.43 Å². The molecule has 3 aromatic rings. The molecule has 0 atom stereocenters. The third-order valence-electron chi connectivity index (χ3n) is 3.81. The van der Waals surface area contributed by atoms with Crippen molar-refractivity contribution < 1.29 is 4.79 Å². The van der Waals surface area contributed by atoms with Crippen molar-refractivity contribution in [2.75, 3.05) is 5.75 Å². The van der Waals surface area contributed by atoms with E-state index in [0.717, 1.165) is 27.1 Å². The molecule has 0 aliphatic carbocycles. The molecule has 2 aromatic carbocycles. The number of benzene rings is 2. The molecule has 1 amide bonds. The number of halogens is 1. The molecule has 0 unspecified atom stereocenters. The summed E-state index contributed by atoms with van der Waals surface area (Å²) in [5, 5.41) is 13.2. The van der Waals surface area contributed by atoms with Gasteiger partial charge in [-0.2, -0.15) is 5.10 Å². The first-order valence-electron chi connectivity index (χ1n) is 8.21. The van der Waals surface area contributed by atoms with E-state index in [1.807, 2.05) is 73.1 Å². The lowest BCUT2D eigenvalue weighted by atomic mass is 10.1. The van der Waals surface area contributed by atoms with E-state index in [-0.39, 0.29) is 11.7 Å². The molecular weight excluding hydrogens is 426 g/mol. The van der Waals surface area contributed by atoms with E-state index in [4.69, 9.17) is 0 Å². The number of thioether (sulfide) groups is 1. The SMILES string of the molecule is C/C(=N/NC(=O)CSc1nnc(-c2ccccc2)n1C)c1ccc(Br)cc1. The maximum atomic E-state index is 12.1. The first kappa shape index (κ1) is 19.3. The predicted molar refractivity (Wildman–Crippen MR) is 112 cm³/mol. The van der Waals surface area contributed by atoms with Crippen LogP contribution in [0.4, 0.5) is 0 Å². The first-order chi connectivity index (χ1) is 13.0. The van der Waals surface area contributed by atoms with Gasteiger partial charge in [-0.15, -0.1) is 10.2 Å². The number of aromatic nitrogens is 3. The molecule has 1 aromatic heterocycles. The van der Waals surface area contributed by atoms with Crippen LogP contribution in [0.15, 0.2) is 69.3 Å². The number of nitrogens with one attached hydrogen (secondary N) is 1. The van der Waals surface area contributed by atoms with Gasteiger partial charge in [-0.1, -0.05) is 70.2 Å². The molecule has 27 heavy (non-hydrogen) atoms. The third-order valence-corrected chi connectivity index (χ3v) is 5.36. The minimum atomic E-state index is -0.194. The highest BCUT2D eigenvalue weighted by atomic mass is 79.9. The summed E-state index contributed by atoms with van der Waals surface area (Å²) in [6.45, 7) is 1.85. The van der Waals surface area contributed by atoms with Crippen LogP contribution in [0.1, 0.15) is 12.5 Å². The summed E-state index contributed by atoms with van der Waals surface area (Å²) in [5.74, 6) is 0.779. The van der Waals surface area contributed by atoms with E-state index in [1.54, 1.807) is 0 Å². The van der Waals surface area contributed by atoms with Gasteiger partial charge in [0.25, 0.3) is 5.91 Å². The molecule has 1 N–H and O–H groups in total. The molecular formula is C19H18BrN5OS. The summed E-state index contributed by atoms with van der Waals surface area (Å²) in [6, 6.07) is 17.6. The summed E-state index contributed by atoms with van der Waals surface area (Å²) in [4.78, 5) is 12.1. The van der Waals surface area contributed by atoms with Gasteiger partial charge in [-0.05, 0) is 24.6 Å². The standard InChI is InChI=1S/C19H18BrN5OS/c1-13(14-8-10-16(20)11-9-14)21-22-17(26)12-27-19-24-23-18(25(19)2)15-6-4-3-5-7-15/h3-11H,12H2,1-2H3,(H,22,26)/b21-13-. The van der Waals surface area contributed by atoms with Gasteiger partial charge in [0.15, 0.2) is 11.0 Å². The van der Waals surface area contributed by atoms with Crippen LogP contribution in [0, 0.1) is 0 Å². The molecule has 0 saturated heterocycles. The Morgan fingerprint density at radius 1 is 1.15 bits per heavy atom. The summed E-state index contributed by atoms with van der Waals surface area (Å²) in [7, 11) is 1.89. The largest absolute Gasteiger partial charge is 0.305 e. The highest BCUT2D eigenvalue weighted by molar-refractivity contribution is 9.10. The second-order valence-electron chi connectivity index (χ2n) is 5.76. The Kier molecular flexibility index (Phi) is 6.41. The van der Waals surface area contributed by atoms with Crippen molar-refractivity contribution in [2.24, 2.45) is 12.1 Å². The predicted octanol–water partition coefficient (Wildman–Crippen LogP) is 3.88. The Labute approximate surface area is 170 Å². The Bertz CT molecular complexity index is 954. The average Bonchev–Trinajstić information content (AvgIpc) is 3.06. The van der Waals surface area contributed by atoms with Gasteiger partial charge in [0.05, 0.1) is 11.5 Å². The van der Waals surface area contributed by atoms with Crippen molar-refractivity contribution in [3.63, 3.8) is 0 Å². The minimum absolute atomic E-state index is 0.194. The maximum Gasteiger partial charge on any atom is 0.250 e. The lowest BCUT2D eigenvalue weighted by Gasteiger charge is -2.04. The molecule has 0 saturated carbocycles. The van der Waals surface area contributed by atoms with Crippen LogP contribution in [0.2, 0.25) is 0 Å². The molecule has 138 valence electrons. The van der Waals surface area contributed by atoms with E-state index in [1.165, 1.54) is 11.8 Å². The van der Waals surface area contributed by atoms with E-state index in [9.17, 15) is 4.79 Å². The molecule has 1 heterocycles. The van der Waals surface area contributed by atoms with E-state index in [0.29, 0.717) is 5.16 Å². The molecule has 0 aliphatic heterocycles. The summed E-state index contributed by atoms with van der Waals surface area (Å²) in [6.07, 6.45) is 0. The number of hydrogen-bond donors (Lipinski definition) is 1. The summed E-state index contributed by atoms with van der Waals surface area (Å²) >= 11 is 4.72.